The Morgan fingerprint density at radius 1 is 0.786 bits per heavy atom. The third kappa shape index (κ3) is 3.36. The number of hydrogen-bond acceptors (Lipinski definition) is 3. The lowest BCUT2D eigenvalue weighted by atomic mass is 9.89. The van der Waals surface area contributed by atoms with Crippen molar-refractivity contribution in [3.8, 4) is 0 Å². The predicted molar refractivity (Wildman–Crippen MR) is 107 cm³/mol. The van der Waals surface area contributed by atoms with E-state index in [1.54, 1.807) is 0 Å². The molecule has 3 unspecified atom stereocenters. The van der Waals surface area contributed by atoms with Gasteiger partial charge in [-0.15, -0.1) is 0 Å². The van der Waals surface area contributed by atoms with E-state index >= 15 is 0 Å². The molecule has 5 aliphatic rings. The van der Waals surface area contributed by atoms with Crippen LogP contribution in [-0.4, -0.2) is 95.1 Å². The summed E-state index contributed by atoms with van der Waals surface area (Å²) in [7, 11) is 0. The lowest BCUT2D eigenvalue weighted by Gasteiger charge is -2.42. The van der Waals surface area contributed by atoms with Crippen molar-refractivity contribution >= 4 is 12.1 Å². The van der Waals surface area contributed by atoms with E-state index in [0.717, 1.165) is 77.8 Å². The van der Waals surface area contributed by atoms with Crippen molar-refractivity contribution in [1.29, 1.82) is 0 Å². The van der Waals surface area contributed by atoms with Gasteiger partial charge in [0.25, 0.3) is 0 Å². The van der Waals surface area contributed by atoms with Crippen LogP contribution in [0, 0.1) is 0 Å². The second-order valence-corrected chi connectivity index (χ2v) is 9.45. The van der Waals surface area contributed by atoms with Crippen LogP contribution in [0.3, 0.4) is 0 Å². The van der Waals surface area contributed by atoms with Crippen LogP contribution in [0.15, 0.2) is 0 Å². The Hall–Kier alpha value is -1.50. The summed E-state index contributed by atoms with van der Waals surface area (Å²) in [5, 5.41) is 3.24. The van der Waals surface area contributed by atoms with Gasteiger partial charge >= 0.3 is 12.1 Å². The molecule has 156 valence electrons. The molecular weight excluding hydrogens is 354 g/mol. The van der Waals surface area contributed by atoms with Crippen molar-refractivity contribution in [2.75, 3.05) is 39.3 Å². The quantitative estimate of drug-likeness (QED) is 0.787. The SMILES string of the molecule is O=C(N1CCCC1)N1CCC(N2CCC(N3C(=O)NC4CCCCC43)CC2)C1. The number of hydrogen-bond donors (Lipinski definition) is 1. The first-order valence-electron chi connectivity index (χ1n) is 11.6. The van der Waals surface area contributed by atoms with E-state index < -0.39 is 0 Å². The van der Waals surface area contributed by atoms with Gasteiger partial charge in [-0.25, -0.2) is 9.59 Å². The van der Waals surface area contributed by atoms with Gasteiger partial charge in [0.1, 0.15) is 0 Å². The largest absolute Gasteiger partial charge is 0.333 e. The molecule has 4 aliphatic heterocycles. The fourth-order valence-electron chi connectivity index (χ4n) is 6.28. The molecular formula is C21H35N5O2. The molecule has 0 aromatic carbocycles. The van der Waals surface area contributed by atoms with Gasteiger partial charge in [-0.1, -0.05) is 12.8 Å². The van der Waals surface area contributed by atoms with Crippen molar-refractivity contribution in [3.05, 3.63) is 0 Å². The normalized spacial score (nSPS) is 34.8. The molecule has 4 amide bonds. The van der Waals surface area contributed by atoms with Crippen molar-refractivity contribution in [2.24, 2.45) is 0 Å². The van der Waals surface area contributed by atoms with E-state index in [9.17, 15) is 9.59 Å². The predicted octanol–water partition coefficient (Wildman–Crippen LogP) is 2.08. The first-order chi connectivity index (χ1) is 13.7. The molecule has 0 radical (unpaired) electrons. The van der Waals surface area contributed by atoms with Gasteiger partial charge < -0.3 is 20.0 Å². The molecule has 5 fully saturated rings. The van der Waals surface area contributed by atoms with Crippen LogP contribution in [0.25, 0.3) is 0 Å². The number of nitrogens with one attached hydrogen (secondary N) is 1. The van der Waals surface area contributed by atoms with Crippen molar-refractivity contribution < 1.29 is 9.59 Å². The lowest BCUT2D eigenvalue weighted by molar-refractivity contribution is 0.0829. The van der Waals surface area contributed by atoms with Crippen molar-refractivity contribution in [2.45, 2.75) is 82.0 Å². The Labute approximate surface area is 168 Å². The summed E-state index contributed by atoms with van der Waals surface area (Å²) in [5.41, 5.74) is 0. The third-order valence-corrected chi connectivity index (χ3v) is 7.85. The molecule has 0 bridgehead atoms. The lowest BCUT2D eigenvalue weighted by Crippen LogP contribution is -2.52. The minimum absolute atomic E-state index is 0.179. The standard InChI is InChI=1S/C21H35N5O2/c27-20-22-18-5-1-2-6-19(18)26(20)16-7-12-23(13-8-16)17-9-14-25(15-17)21(28)24-10-3-4-11-24/h16-19H,1-15H2,(H,22,27). The zero-order valence-electron chi connectivity index (χ0n) is 17.0. The number of amides is 4. The second kappa shape index (κ2) is 7.73. The Balaban J connectivity index is 1.13. The summed E-state index contributed by atoms with van der Waals surface area (Å²) in [5.74, 6) is 0. The van der Waals surface area contributed by atoms with E-state index in [-0.39, 0.29) is 12.1 Å². The highest BCUT2D eigenvalue weighted by atomic mass is 16.2. The van der Waals surface area contributed by atoms with Crippen LogP contribution in [0.1, 0.15) is 57.8 Å². The summed E-state index contributed by atoms with van der Waals surface area (Å²) in [6.07, 6.45) is 10.4. The first kappa shape index (κ1) is 18.5. The molecule has 4 saturated heterocycles. The Morgan fingerprint density at radius 3 is 2.29 bits per heavy atom. The fourth-order valence-corrected chi connectivity index (χ4v) is 6.28. The summed E-state index contributed by atoms with van der Waals surface area (Å²) < 4.78 is 0. The summed E-state index contributed by atoms with van der Waals surface area (Å²) in [6.45, 7) is 5.77. The van der Waals surface area contributed by atoms with Crippen molar-refractivity contribution in [3.63, 3.8) is 0 Å². The van der Waals surface area contributed by atoms with Gasteiger partial charge in [0, 0.05) is 51.4 Å². The molecule has 1 N–H and O–H groups in total. The summed E-state index contributed by atoms with van der Waals surface area (Å²) in [6, 6.07) is 2.15. The second-order valence-electron chi connectivity index (χ2n) is 9.45. The highest BCUT2D eigenvalue weighted by Crippen LogP contribution is 2.33. The molecule has 7 heteroatoms. The summed E-state index contributed by atoms with van der Waals surface area (Å²) in [4.78, 5) is 34.1. The Morgan fingerprint density at radius 2 is 1.50 bits per heavy atom. The monoisotopic (exact) mass is 389 g/mol. The molecule has 5 rings (SSSR count). The van der Waals surface area contributed by atoms with E-state index in [1.165, 1.54) is 19.3 Å². The number of fused-ring (bicyclic) bond motifs is 1. The maximum absolute atomic E-state index is 12.7. The molecule has 1 aliphatic carbocycles. The summed E-state index contributed by atoms with van der Waals surface area (Å²) >= 11 is 0. The number of piperidine rings is 1. The third-order valence-electron chi connectivity index (χ3n) is 7.85. The van der Waals surface area contributed by atoms with Crippen LogP contribution < -0.4 is 5.32 Å². The fraction of sp³-hybridized carbons (Fsp3) is 0.905. The van der Waals surface area contributed by atoms with Crippen molar-refractivity contribution in [1.82, 2.24) is 24.9 Å². The van der Waals surface area contributed by atoms with E-state index in [2.05, 4.69) is 20.0 Å². The van der Waals surface area contributed by atoms with E-state index in [0.29, 0.717) is 24.2 Å². The number of likely N-dealkylation sites (tertiary alicyclic amines) is 3. The molecule has 4 heterocycles. The number of rotatable bonds is 2. The maximum atomic E-state index is 12.7. The van der Waals surface area contributed by atoms with Gasteiger partial charge in [0.05, 0.1) is 12.1 Å². The van der Waals surface area contributed by atoms with Crippen LogP contribution in [0.4, 0.5) is 9.59 Å². The Bertz CT molecular complexity index is 600. The smallest absolute Gasteiger partial charge is 0.320 e. The highest BCUT2D eigenvalue weighted by Gasteiger charge is 2.45. The van der Waals surface area contributed by atoms with Gasteiger partial charge in [0.15, 0.2) is 0 Å². The van der Waals surface area contributed by atoms with E-state index in [1.807, 2.05) is 4.90 Å². The van der Waals surface area contributed by atoms with Crippen LogP contribution in [0.5, 0.6) is 0 Å². The molecule has 0 aromatic rings. The zero-order valence-corrected chi connectivity index (χ0v) is 17.0. The molecule has 7 nitrogen and oxygen atoms in total. The van der Waals surface area contributed by atoms with Gasteiger partial charge in [-0.3, -0.25) is 4.90 Å². The Kier molecular flexibility index (Phi) is 5.11. The van der Waals surface area contributed by atoms with Crippen LogP contribution in [-0.2, 0) is 0 Å². The maximum Gasteiger partial charge on any atom is 0.320 e. The minimum Gasteiger partial charge on any atom is -0.333 e. The molecule has 1 saturated carbocycles. The number of nitrogens with zero attached hydrogens (tertiary/aromatic N) is 4. The van der Waals surface area contributed by atoms with E-state index in [4.69, 9.17) is 0 Å². The van der Waals surface area contributed by atoms with Crippen LogP contribution in [0.2, 0.25) is 0 Å². The average molecular weight is 390 g/mol. The zero-order chi connectivity index (χ0) is 19.1. The molecule has 0 spiro atoms. The van der Waals surface area contributed by atoms with Gasteiger partial charge in [-0.2, -0.15) is 0 Å². The van der Waals surface area contributed by atoms with Gasteiger partial charge in [0.2, 0.25) is 0 Å². The first-order valence-corrected chi connectivity index (χ1v) is 11.6. The topological polar surface area (TPSA) is 59.1 Å². The number of carbonyl (C=O) groups excluding carboxylic acids is 2. The highest BCUT2D eigenvalue weighted by molar-refractivity contribution is 5.78. The van der Waals surface area contributed by atoms with Crippen LogP contribution >= 0.6 is 0 Å². The molecule has 0 aromatic heterocycles. The molecule has 3 atom stereocenters. The number of carbonyl (C=O) groups is 2. The number of urea groups is 2. The average Bonchev–Trinajstić information content (AvgIpc) is 3.47. The van der Waals surface area contributed by atoms with Gasteiger partial charge in [-0.05, 0) is 44.9 Å². The molecule has 28 heavy (non-hydrogen) atoms. The minimum atomic E-state index is 0.179.